The van der Waals surface area contributed by atoms with Crippen LogP contribution in [0, 0.1) is 5.92 Å². The number of nitrogens with zero attached hydrogens (tertiary/aromatic N) is 3. The van der Waals surface area contributed by atoms with Gasteiger partial charge in [0.15, 0.2) is 0 Å². The average molecular weight is 277 g/mol. The Morgan fingerprint density at radius 3 is 2.95 bits per heavy atom. The fourth-order valence-corrected chi connectivity index (χ4v) is 2.42. The largest absolute Gasteiger partial charge is 0.372 e. The first kappa shape index (κ1) is 14.7. The molecular weight excluding hydrogens is 254 g/mol. The fourth-order valence-electron chi connectivity index (χ4n) is 2.42. The van der Waals surface area contributed by atoms with Crippen LogP contribution < -0.4 is 10.6 Å². The summed E-state index contributed by atoms with van der Waals surface area (Å²) in [5.41, 5.74) is 0.357. The normalized spacial score (nSPS) is 19.3. The van der Waals surface area contributed by atoms with Gasteiger partial charge in [-0.25, -0.2) is 4.98 Å². The van der Waals surface area contributed by atoms with Crippen LogP contribution in [0.15, 0.2) is 12.4 Å². The van der Waals surface area contributed by atoms with Gasteiger partial charge >= 0.3 is 0 Å². The minimum atomic E-state index is -0.155. The molecule has 6 nitrogen and oxygen atoms in total. The lowest BCUT2D eigenvalue weighted by atomic mass is 10.1. The number of amides is 1. The lowest BCUT2D eigenvalue weighted by Crippen LogP contribution is -2.33. The zero-order valence-electron chi connectivity index (χ0n) is 12.4. The Bertz CT molecular complexity index is 463. The van der Waals surface area contributed by atoms with Crippen molar-refractivity contribution in [3.05, 3.63) is 18.1 Å². The van der Waals surface area contributed by atoms with E-state index >= 15 is 0 Å². The van der Waals surface area contributed by atoms with Crippen LogP contribution in [0.1, 0.15) is 30.8 Å². The summed E-state index contributed by atoms with van der Waals surface area (Å²) in [5, 5.41) is 5.83. The lowest BCUT2D eigenvalue weighted by molar-refractivity contribution is 0.0942. The third-order valence-corrected chi connectivity index (χ3v) is 3.72. The van der Waals surface area contributed by atoms with Crippen LogP contribution in [0.2, 0.25) is 0 Å². The molecule has 20 heavy (non-hydrogen) atoms. The molecule has 0 aliphatic carbocycles. The molecule has 1 aliphatic heterocycles. The van der Waals surface area contributed by atoms with E-state index in [2.05, 4.69) is 39.3 Å². The second-order valence-electron chi connectivity index (χ2n) is 5.49. The number of nitrogens with one attached hydrogen (secondary N) is 2. The van der Waals surface area contributed by atoms with E-state index in [0.29, 0.717) is 30.0 Å². The predicted molar refractivity (Wildman–Crippen MR) is 78.7 cm³/mol. The van der Waals surface area contributed by atoms with E-state index in [0.717, 1.165) is 19.5 Å². The summed E-state index contributed by atoms with van der Waals surface area (Å²) in [6.45, 7) is 7.29. The number of hydrogen-bond donors (Lipinski definition) is 2. The van der Waals surface area contributed by atoms with Crippen molar-refractivity contribution < 1.29 is 4.79 Å². The number of carbonyl (C=O) groups is 1. The minimum absolute atomic E-state index is 0.155. The summed E-state index contributed by atoms with van der Waals surface area (Å²) < 4.78 is 0. The Morgan fingerprint density at radius 1 is 1.50 bits per heavy atom. The molecule has 1 aromatic heterocycles. The molecule has 6 heteroatoms. The molecule has 1 amide bonds. The first-order valence-corrected chi connectivity index (χ1v) is 7.12. The first-order chi connectivity index (χ1) is 9.60. The average Bonchev–Trinajstić information content (AvgIpc) is 2.94. The molecular formula is C14H23N5O. The first-order valence-electron chi connectivity index (χ1n) is 7.12. The molecule has 1 aromatic rings. The fraction of sp³-hybridized carbons (Fsp3) is 0.643. The molecule has 0 aromatic carbocycles. The highest BCUT2D eigenvalue weighted by molar-refractivity contribution is 5.92. The van der Waals surface area contributed by atoms with Crippen LogP contribution >= 0.6 is 0 Å². The summed E-state index contributed by atoms with van der Waals surface area (Å²) in [7, 11) is 1.75. The summed E-state index contributed by atoms with van der Waals surface area (Å²) in [5.74, 6) is 0.976. The SMILES string of the molecule is CNc1cncc(C(=O)NCC2CCN(C(C)C)C2)n1. The molecule has 0 saturated carbocycles. The lowest BCUT2D eigenvalue weighted by Gasteiger charge is -2.20. The Labute approximate surface area is 120 Å². The van der Waals surface area contributed by atoms with Gasteiger partial charge in [-0.2, -0.15) is 0 Å². The van der Waals surface area contributed by atoms with Crippen molar-refractivity contribution in [3.63, 3.8) is 0 Å². The Kier molecular flexibility index (Phi) is 4.89. The molecule has 110 valence electrons. The van der Waals surface area contributed by atoms with E-state index in [4.69, 9.17) is 0 Å². The van der Waals surface area contributed by atoms with Crippen molar-refractivity contribution in [3.8, 4) is 0 Å². The van der Waals surface area contributed by atoms with Gasteiger partial charge in [-0.1, -0.05) is 0 Å². The standard InChI is InChI=1S/C14H23N5O/c1-10(2)19-5-4-11(9-19)6-17-14(20)12-7-16-8-13(15-3)18-12/h7-8,10-11H,4-6,9H2,1-3H3,(H,15,18)(H,17,20). The van der Waals surface area contributed by atoms with Gasteiger partial charge in [0, 0.05) is 26.2 Å². The van der Waals surface area contributed by atoms with Gasteiger partial charge in [-0.3, -0.25) is 9.78 Å². The van der Waals surface area contributed by atoms with Crippen LogP contribution in [-0.2, 0) is 0 Å². The highest BCUT2D eigenvalue weighted by Crippen LogP contribution is 2.17. The number of rotatable bonds is 5. The Morgan fingerprint density at radius 2 is 2.30 bits per heavy atom. The molecule has 0 bridgehead atoms. The molecule has 0 radical (unpaired) electrons. The van der Waals surface area contributed by atoms with E-state index in [-0.39, 0.29) is 5.91 Å². The van der Waals surface area contributed by atoms with Crippen molar-refractivity contribution >= 4 is 11.7 Å². The molecule has 1 aliphatic rings. The highest BCUT2D eigenvalue weighted by Gasteiger charge is 2.24. The number of aromatic nitrogens is 2. The summed E-state index contributed by atoms with van der Waals surface area (Å²) in [6, 6.07) is 0.578. The Balaban J connectivity index is 1.83. The van der Waals surface area contributed by atoms with Crippen molar-refractivity contribution in [1.29, 1.82) is 0 Å². The third kappa shape index (κ3) is 3.66. The molecule has 2 heterocycles. The summed E-state index contributed by atoms with van der Waals surface area (Å²) in [4.78, 5) is 22.7. The van der Waals surface area contributed by atoms with Gasteiger partial charge in [-0.15, -0.1) is 0 Å². The predicted octanol–water partition coefficient (Wildman–Crippen LogP) is 0.978. The maximum Gasteiger partial charge on any atom is 0.271 e. The van der Waals surface area contributed by atoms with Gasteiger partial charge in [0.1, 0.15) is 11.5 Å². The second kappa shape index (κ2) is 6.65. The van der Waals surface area contributed by atoms with E-state index in [1.807, 2.05) is 0 Å². The second-order valence-corrected chi connectivity index (χ2v) is 5.49. The topological polar surface area (TPSA) is 70.2 Å². The molecule has 2 N–H and O–H groups in total. The smallest absolute Gasteiger partial charge is 0.271 e. The monoisotopic (exact) mass is 277 g/mol. The van der Waals surface area contributed by atoms with E-state index in [9.17, 15) is 4.79 Å². The maximum absolute atomic E-state index is 12.0. The van der Waals surface area contributed by atoms with Gasteiger partial charge in [0.05, 0.1) is 12.4 Å². The highest BCUT2D eigenvalue weighted by atomic mass is 16.1. The molecule has 2 rings (SSSR count). The van der Waals surface area contributed by atoms with Crippen molar-refractivity contribution in [2.24, 2.45) is 5.92 Å². The summed E-state index contributed by atoms with van der Waals surface area (Å²) >= 11 is 0. The third-order valence-electron chi connectivity index (χ3n) is 3.72. The molecule has 0 spiro atoms. The van der Waals surface area contributed by atoms with Crippen molar-refractivity contribution in [2.75, 3.05) is 32.0 Å². The quantitative estimate of drug-likeness (QED) is 0.839. The molecule has 1 atom stereocenters. The van der Waals surface area contributed by atoms with Crippen molar-refractivity contribution in [2.45, 2.75) is 26.3 Å². The van der Waals surface area contributed by atoms with Crippen LogP contribution in [0.5, 0.6) is 0 Å². The molecule has 1 fully saturated rings. The molecule has 1 unspecified atom stereocenters. The van der Waals surface area contributed by atoms with Crippen LogP contribution in [0.25, 0.3) is 0 Å². The number of anilines is 1. The van der Waals surface area contributed by atoms with Crippen molar-refractivity contribution in [1.82, 2.24) is 20.2 Å². The van der Waals surface area contributed by atoms with E-state index < -0.39 is 0 Å². The zero-order valence-corrected chi connectivity index (χ0v) is 12.4. The van der Waals surface area contributed by atoms with Gasteiger partial charge < -0.3 is 15.5 Å². The van der Waals surface area contributed by atoms with Gasteiger partial charge in [-0.05, 0) is 32.7 Å². The van der Waals surface area contributed by atoms with Crippen LogP contribution in [0.3, 0.4) is 0 Å². The molecule has 1 saturated heterocycles. The summed E-state index contributed by atoms with van der Waals surface area (Å²) in [6.07, 6.45) is 4.22. The van der Waals surface area contributed by atoms with Gasteiger partial charge in [0.2, 0.25) is 0 Å². The van der Waals surface area contributed by atoms with E-state index in [1.54, 1.807) is 13.2 Å². The number of likely N-dealkylation sites (tertiary alicyclic amines) is 1. The van der Waals surface area contributed by atoms with E-state index in [1.165, 1.54) is 6.20 Å². The van der Waals surface area contributed by atoms with Crippen LogP contribution in [-0.4, -0.2) is 53.5 Å². The van der Waals surface area contributed by atoms with Crippen LogP contribution in [0.4, 0.5) is 5.82 Å². The number of carbonyl (C=O) groups excluding carboxylic acids is 1. The minimum Gasteiger partial charge on any atom is -0.372 e. The number of hydrogen-bond acceptors (Lipinski definition) is 5. The zero-order chi connectivity index (χ0) is 14.5. The Hall–Kier alpha value is -1.69. The van der Waals surface area contributed by atoms with Gasteiger partial charge in [0.25, 0.3) is 5.91 Å². The maximum atomic E-state index is 12.0.